The summed E-state index contributed by atoms with van der Waals surface area (Å²) in [6, 6.07) is 3.77. The SMILES string of the molecule is Cc1cc(N)c(Cl)cc1NCCC(=O)NC(C)C. The zero-order valence-electron chi connectivity index (χ0n) is 11.0. The number of aryl methyl sites for hydroxylation is 1. The normalized spacial score (nSPS) is 10.5. The number of hydrogen-bond donors (Lipinski definition) is 3. The molecule has 18 heavy (non-hydrogen) atoms. The highest BCUT2D eigenvalue weighted by Gasteiger charge is 2.05. The lowest BCUT2D eigenvalue weighted by molar-refractivity contribution is -0.121. The van der Waals surface area contributed by atoms with Crippen molar-refractivity contribution in [3.63, 3.8) is 0 Å². The molecule has 0 fully saturated rings. The molecule has 0 bridgehead atoms. The minimum absolute atomic E-state index is 0.0386. The molecule has 4 nitrogen and oxygen atoms in total. The molecule has 0 aliphatic carbocycles. The summed E-state index contributed by atoms with van der Waals surface area (Å²) >= 11 is 5.95. The topological polar surface area (TPSA) is 67.1 Å². The third-order valence-electron chi connectivity index (χ3n) is 2.46. The lowest BCUT2D eigenvalue weighted by Gasteiger charge is -2.12. The zero-order valence-corrected chi connectivity index (χ0v) is 11.8. The van der Waals surface area contributed by atoms with Gasteiger partial charge in [-0.05, 0) is 38.5 Å². The fourth-order valence-corrected chi connectivity index (χ4v) is 1.76. The van der Waals surface area contributed by atoms with Crippen molar-refractivity contribution in [3.05, 3.63) is 22.7 Å². The fraction of sp³-hybridized carbons (Fsp3) is 0.462. The third kappa shape index (κ3) is 4.45. The molecule has 0 aromatic heterocycles. The van der Waals surface area contributed by atoms with Crippen molar-refractivity contribution in [3.8, 4) is 0 Å². The second-order valence-electron chi connectivity index (χ2n) is 4.59. The molecule has 100 valence electrons. The van der Waals surface area contributed by atoms with E-state index in [4.69, 9.17) is 17.3 Å². The quantitative estimate of drug-likeness (QED) is 0.720. The van der Waals surface area contributed by atoms with Gasteiger partial charge in [0.25, 0.3) is 0 Å². The van der Waals surface area contributed by atoms with Gasteiger partial charge in [-0.25, -0.2) is 0 Å². The number of amides is 1. The van der Waals surface area contributed by atoms with Crippen LogP contribution in [0.5, 0.6) is 0 Å². The molecule has 0 unspecified atom stereocenters. The Labute approximate surface area is 113 Å². The highest BCUT2D eigenvalue weighted by Crippen LogP contribution is 2.26. The summed E-state index contributed by atoms with van der Waals surface area (Å²) in [5, 5.41) is 6.55. The summed E-state index contributed by atoms with van der Waals surface area (Å²) in [5.74, 6) is 0.0386. The van der Waals surface area contributed by atoms with Crippen molar-refractivity contribution >= 4 is 28.9 Å². The molecule has 0 heterocycles. The van der Waals surface area contributed by atoms with Gasteiger partial charge in [-0.2, -0.15) is 0 Å². The van der Waals surface area contributed by atoms with E-state index in [0.717, 1.165) is 11.3 Å². The van der Waals surface area contributed by atoms with Gasteiger partial charge in [-0.1, -0.05) is 11.6 Å². The molecule has 1 aromatic carbocycles. The zero-order chi connectivity index (χ0) is 13.7. The number of carbonyl (C=O) groups excluding carboxylic acids is 1. The molecule has 5 heteroatoms. The second kappa shape index (κ2) is 6.50. The summed E-state index contributed by atoms with van der Waals surface area (Å²) in [6.45, 7) is 6.40. The Hall–Kier alpha value is -1.42. The first kappa shape index (κ1) is 14.6. The molecule has 0 atom stereocenters. The summed E-state index contributed by atoms with van der Waals surface area (Å²) < 4.78 is 0. The van der Waals surface area contributed by atoms with E-state index in [9.17, 15) is 4.79 Å². The van der Waals surface area contributed by atoms with Crippen LogP contribution in [0.3, 0.4) is 0 Å². The smallest absolute Gasteiger partial charge is 0.221 e. The number of nitrogen functional groups attached to an aromatic ring is 1. The maximum absolute atomic E-state index is 11.5. The summed E-state index contributed by atoms with van der Waals surface area (Å²) in [4.78, 5) is 11.5. The lowest BCUT2D eigenvalue weighted by atomic mass is 10.1. The van der Waals surface area contributed by atoms with Gasteiger partial charge in [0.05, 0.1) is 10.7 Å². The van der Waals surface area contributed by atoms with E-state index in [2.05, 4.69) is 10.6 Å². The Balaban J connectivity index is 2.49. The number of anilines is 2. The molecule has 0 radical (unpaired) electrons. The average molecular weight is 270 g/mol. The molecular formula is C13H20ClN3O. The van der Waals surface area contributed by atoms with Crippen LogP contribution in [0, 0.1) is 6.92 Å². The number of rotatable bonds is 5. The van der Waals surface area contributed by atoms with Crippen molar-refractivity contribution in [1.29, 1.82) is 0 Å². The molecule has 0 saturated heterocycles. The Morgan fingerprint density at radius 3 is 2.72 bits per heavy atom. The molecule has 0 saturated carbocycles. The molecule has 1 aromatic rings. The van der Waals surface area contributed by atoms with E-state index in [1.165, 1.54) is 0 Å². The Morgan fingerprint density at radius 1 is 1.44 bits per heavy atom. The minimum Gasteiger partial charge on any atom is -0.398 e. The van der Waals surface area contributed by atoms with Gasteiger partial charge in [-0.15, -0.1) is 0 Å². The van der Waals surface area contributed by atoms with Crippen LogP contribution >= 0.6 is 11.6 Å². The van der Waals surface area contributed by atoms with E-state index >= 15 is 0 Å². The van der Waals surface area contributed by atoms with Crippen molar-refractivity contribution in [1.82, 2.24) is 5.32 Å². The molecular weight excluding hydrogens is 250 g/mol. The molecule has 4 N–H and O–H groups in total. The Kier molecular flexibility index (Phi) is 5.28. The van der Waals surface area contributed by atoms with Gasteiger partial charge < -0.3 is 16.4 Å². The van der Waals surface area contributed by atoms with Crippen molar-refractivity contribution in [2.24, 2.45) is 0 Å². The van der Waals surface area contributed by atoms with E-state index in [-0.39, 0.29) is 11.9 Å². The van der Waals surface area contributed by atoms with E-state index in [1.807, 2.05) is 26.8 Å². The number of halogens is 1. The maximum atomic E-state index is 11.5. The minimum atomic E-state index is 0.0386. The van der Waals surface area contributed by atoms with E-state index < -0.39 is 0 Å². The molecule has 1 amide bonds. The lowest BCUT2D eigenvalue weighted by Crippen LogP contribution is -2.31. The van der Waals surface area contributed by atoms with Crippen LogP contribution in [0.4, 0.5) is 11.4 Å². The number of hydrogen-bond acceptors (Lipinski definition) is 3. The number of nitrogens with one attached hydrogen (secondary N) is 2. The van der Waals surface area contributed by atoms with Crippen molar-refractivity contribution < 1.29 is 4.79 Å². The molecule has 1 rings (SSSR count). The number of carbonyl (C=O) groups is 1. The maximum Gasteiger partial charge on any atom is 0.221 e. The van der Waals surface area contributed by atoms with Crippen LogP contribution < -0.4 is 16.4 Å². The second-order valence-corrected chi connectivity index (χ2v) is 4.99. The van der Waals surface area contributed by atoms with Gasteiger partial charge in [0.15, 0.2) is 0 Å². The standard InChI is InChI=1S/C13H20ClN3O/c1-8(2)17-13(18)4-5-16-12-7-10(14)11(15)6-9(12)3/h6-8,16H,4-5,15H2,1-3H3,(H,17,18). The predicted molar refractivity (Wildman–Crippen MR) is 77.0 cm³/mol. The molecule has 0 aliphatic rings. The Bertz CT molecular complexity index is 432. The van der Waals surface area contributed by atoms with Crippen LogP contribution in [0.2, 0.25) is 5.02 Å². The van der Waals surface area contributed by atoms with Crippen LogP contribution in [0.25, 0.3) is 0 Å². The van der Waals surface area contributed by atoms with Crippen LogP contribution in [-0.4, -0.2) is 18.5 Å². The first-order chi connectivity index (χ1) is 8.40. The first-order valence-corrected chi connectivity index (χ1v) is 6.36. The monoisotopic (exact) mass is 269 g/mol. The van der Waals surface area contributed by atoms with Gasteiger partial charge in [0, 0.05) is 24.7 Å². The average Bonchev–Trinajstić information content (AvgIpc) is 2.24. The van der Waals surface area contributed by atoms with E-state index in [0.29, 0.717) is 23.7 Å². The first-order valence-electron chi connectivity index (χ1n) is 5.99. The van der Waals surface area contributed by atoms with Crippen LogP contribution in [0.1, 0.15) is 25.8 Å². The largest absolute Gasteiger partial charge is 0.398 e. The van der Waals surface area contributed by atoms with Gasteiger partial charge >= 0.3 is 0 Å². The number of nitrogens with two attached hydrogens (primary N) is 1. The predicted octanol–water partition coefficient (Wildman–Crippen LogP) is 2.56. The fourth-order valence-electron chi connectivity index (χ4n) is 1.60. The highest BCUT2D eigenvalue weighted by atomic mass is 35.5. The summed E-state index contributed by atoms with van der Waals surface area (Å²) in [6.07, 6.45) is 0.430. The summed E-state index contributed by atoms with van der Waals surface area (Å²) in [5.41, 5.74) is 8.19. The van der Waals surface area contributed by atoms with Gasteiger partial charge in [-0.3, -0.25) is 4.79 Å². The highest BCUT2D eigenvalue weighted by molar-refractivity contribution is 6.33. The van der Waals surface area contributed by atoms with Gasteiger partial charge in [0.1, 0.15) is 0 Å². The molecule has 0 aliphatic heterocycles. The van der Waals surface area contributed by atoms with Crippen LogP contribution in [0.15, 0.2) is 12.1 Å². The van der Waals surface area contributed by atoms with Gasteiger partial charge in [0.2, 0.25) is 5.91 Å². The van der Waals surface area contributed by atoms with Crippen LogP contribution in [-0.2, 0) is 4.79 Å². The summed E-state index contributed by atoms with van der Waals surface area (Å²) in [7, 11) is 0. The van der Waals surface area contributed by atoms with Crippen molar-refractivity contribution in [2.75, 3.05) is 17.6 Å². The third-order valence-corrected chi connectivity index (χ3v) is 2.79. The van der Waals surface area contributed by atoms with E-state index in [1.54, 1.807) is 6.07 Å². The number of benzene rings is 1. The molecule has 0 spiro atoms. The Morgan fingerprint density at radius 2 is 2.11 bits per heavy atom. The van der Waals surface area contributed by atoms with Crippen molar-refractivity contribution in [2.45, 2.75) is 33.2 Å².